The smallest absolute Gasteiger partial charge is 0.0568 e. The van der Waals surface area contributed by atoms with Gasteiger partial charge in [-0.25, -0.2) is 0 Å². The summed E-state index contributed by atoms with van der Waals surface area (Å²) in [6.07, 6.45) is 11.5. The zero-order valence-electron chi connectivity index (χ0n) is 7.58. The molecular formula is C11H18O. The van der Waals surface area contributed by atoms with Crippen LogP contribution in [0.25, 0.3) is 0 Å². The topological polar surface area (TPSA) is 20.2 Å². The summed E-state index contributed by atoms with van der Waals surface area (Å²) in [7, 11) is 0. The molecule has 0 aliphatic heterocycles. The maximum absolute atomic E-state index is 9.50. The minimum absolute atomic E-state index is 0.0258. The molecule has 1 rings (SSSR count). The Balaban J connectivity index is 2.13. The van der Waals surface area contributed by atoms with Crippen LogP contribution in [0.5, 0.6) is 0 Å². The molecule has 68 valence electrons. The second kappa shape index (κ2) is 5.15. The first-order valence-corrected chi connectivity index (χ1v) is 4.80. The summed E-state index contributed by atoms with van der Waals surface area (Å²) in [6, 6.07) is 0. The Bertz CT molecular complexity index is 160. The monoisotopic (exact) mass is 166 g/mol. The van der Waals surface area contributed by atoms with Crippen LogP contribution in [0.1, 0.15) is 32.1 Å². The van der Waals surface area contributed by atoms with Gasteiger partial charge in [-0.3, -0.25) is 0 Å². The normalized spacial score (nSPS) is 29.8. The maximum atomic E-state index is 9.50. The van der Waals surface area contributed by atoms with Crippen molar-refractivity contribution in [1.29, 1.82) is 0 Å². The van der Waals surface area contributed by atoms with Crippen molar-refractivity contribution in [2.45, 2.75) is 38.2 Å². The molecule has 1 nitrogen and oxygen atoms in total. The van der Waals surface area contributed by atoms with Crippen molar-refractivity contribution in [2.75, 3.05) is 0 Å². The van der Waals surface area contributed by atoms with Crippen LogP contribution < -0.4 is 0 Å². The molecule has 1 fully saturated rings. The number of aliphatic hydroxyl groups is 1. The first-order valence-electron chi connectivity index (χ1n) is 4.80. The van der Waals surface area contributed by atoms with Gasteiger partial charge in [0.15, 0.2) is 0 Å². The molecule has 0 radical (unpaired) electrons. The molecule has 2 atom stereocenters. The highest BCUT2D eigenvalue weighted by Gasteiger charge is 2.23. The van der Waals surface area contributed by atoms with Gasteiger partial charge >= 0.3 is 0 Å². The third-order valence-electron chi connectivity index (χ3n) is 2.60. The lowest BCUT2D eigenvalue weighted by atomic mass is 10.00. The van der Waals surface area contributed by atoms with Crippen LogP contribution in [0.2, 0.25) is 0 Å². The summed E-state index contributed by atoms with van der Waals surface area (Å²) in [5, 5.41) is 9.50. The van der Waals surface area contributed by atoms with Crippen molar-refractivity contribution in [3.8, 4) is 0 Å². The molecule has 0 aromatic carbocycles. The Morgan fingerprint density at radius 3 is 2.83 bits per heavy atom. The fraction of sp³-hybridized carbons (Fsp3) is 0.636. The van der Waals surface area contributed by atoms with Crippen LogP contribution in [0.3, 0.4) is 0 Å². The largest absolute Gasteiger partial charge is 0.393 e. The Labute approximate surface area is 74.8 Å². The van der Waals surface area contributed by atoms with Gasteiger partial charge in [0, 0.05) is 0 Å². The molecule has 1 aliphatic carbocycles. The van der Waals surface area contributed by atoms with Gasteiger partial charge in [-0.1, -0.05) is 31.2 Å². The third-order valence-corrected chi connectivity index (χ3v) is 2.60. The van der Waals surface area contributed by atoms with Crippen molar-refractivity contribution >= 4 is 0 Å². The first kappa shape index (κ1) is 9.53. The predicted molar refractivity (Wildman–Crippen MR) is 51.9 cm³/mol. The summed E-state index contributed by atoms with van der Waals surface area (Å²) < 4.78 is 0. The minimum atomic E-state index is -0.0258. The molecule has 0 aromatic heterocycles. The van der Waals surface area contributed by atoms with E-state index in [1.54, 1.807) is 6.08 Å². The maximum Gasteiger partial charge on any atom is 0.0568 e. The molecule has 0 heterocycles. The van der Waals surface area contributed by atoms with Gasteiger partial charge in [-0.15, -0.1) is 0 Å². The standard InChI is InChI=1S/C11H18O/c1-2-3-4-5-7-10-8-6-9-11(10)12/h2-4,10-12H,1,5-9H2/b4-3+/t10-,11-/m1/s1. The van der Waals surface area contributed by atoms with Crippen molar-refractivity contribution in [1.82, 2.24) is 0 Å². The predicted octanol–water partition coefficient (Wildman–Crippen LogP) is 2.67. The second-order valence-corrected chi connectivity index (χ2v) is 3.50. The summed E-state index contributed by atoms with van der Waals surface area (Å²) in [5.41, 5.74) is 0. The Hall–Kier alpha value is -0.560. The first-order chi connectivity index (χ1) is 5.84. The Kier molecular flexibility index (Phi) is 4.09. The van der Waals surface area contributed by atoms with E-state index in [1.165, 1.54) is 12.8 Å². The lowest BCUT2D eigenvalue weighted by Crippen LogP contribution is -2.12. The summed E-state index contributed by atoms with van der Waals surface area (Å²) in [5.74, 6) is 0.555. The molecule has 1 N–H and O–H groups in total. The van der Waals surface area contributed by atoms with Gasteiger partial charge in [0.05, 0.1) is 6.10 Å². The molecule has 0 spiro atoms. The van der Waals surface area contributed by atoms with Gasteiger partial charge < -0.3 is 5.11 Å². The molecule has 0 saturated heterocycles. The van der Waals surface area contributed by atoms with Gasteiger partial charge in [0.25, 0.3) is 0 Å². The third kappa shape index (κ3) is 2.82. The van der Waals surface area contributed by atoms with Gasteiger partial charge in [-0.2, -0.15) is 0 Å². The van der Waals surface area contributed by atoms with Crippen LogP contribution in [-0.4, -0.2) is 11.2 Å². The van der Waals surface area contributed by atoms with Crippen molar-refractivity contribution in [3.05, 3.63) is 24.8 Å². The van der Waals surface area contributed by atoms with Gasteiger partial charge in [-0.05, 0) is 31.6 Å². The van der Waals surface area contributed by atoms with Crippen LogP contribution >= 0.6 is 0 Å². The molecule has 0 bridgehead atoms. The highest BCUT2D eigenvalue weighted by molar-refractivity contribution is 4.97. The zero-order chi connectivity index (χ0) is 8.81. The van der Waals surface area contributed by atoms with Crippen LogP contribution in [0, 0.1) is 5.92 Å². The zero-order valence-corrected chi connectivity index (χ0v) is 7.58. The van der Waals surface area contributed by atoms with Gasteiger partial charge in [0.2, 0.25) is 0 Å². The fourth-order valence-electron chi connectivity index (χ4n) is 1.86. The lowest BCUT2D eigenvalue weighted by molar-refractivity contribution is 0.128. The molecule has 1 aliphatic rings. The summed E-state index contributed by atoms with van der Waals surface area (Å²) in [6.45, 7) is 3.61. The van der Waals surface area contributed by atoms with Crippen molar-refractivity contribution in [3.63, 3.8) is 0 Å². The molecule has 1 saturated carbocycles. The highest BCUT2D eigenvalue weighted by Crippen LogP contribution is 2.29. The minimum Gasteiger partial charge on any atom is -0.393 e. The average Bonchev–Trinajstić information content (AvgIpc) is 2.46. The molecular weight excluding hydrogens is 148 g/mol. The molecule has 12 heavy (non-hydrogen) atoms. The Morgan fingerprint density at radius 1 is 1.42 bits per heavy atom. The van der Waals surface area contributed by atoms with E-state index in [-0.39, 0.29) is 6.10 Å². The van der Waals surface area contributed by atoms with Crippen LogP contribution in [-0.2, 0) is 0 Å². The van der Waals surface area contributed by atoms with Crippen LogP contribution in [0.4, 0.5) is 0 Å². The van der Waals surface area contributed by atoms with E-state index in [9.17, 15) is 5.11 Å². The SMILES string of the molecule is C=C/C=C/CC[C@@H]1CCC[C@H]1O. The fourth-order valence-corrected chi connectivity index (χ4v) is 1.86. The number of hydrogen-bond acceptors (Lipinski definition) is 1. The molecule has 0 aromatic rings. The van der Waals surface area contributed by atoms with Crippen LogP contribution in [0.15, 0.2) is 24.8 Å². The highest BCUT2D eigenvalue weighted by atomic mass is 16.3. The van der Waals surface area contributed by atoms with Gasteiger partial charge in [0.1, 0.15) is 0 Å². The number of aliphatic hydroxyl groups excluding tert-OH is 1. The summed E-state index contributed by atoms with van der Waals surface area (Å²) in [4.78, 5) is 0. The van der Waals surface area contributed by atoms with E-state index >= 15 is 0 Å². The Morgan fingerprint density at radius 2 is 2.25 bits per heavy atom. The molecule has 0 amide bonds. The van der Waals surface area contributed by atoms with E-state index in [1.807, 2.05) is 6.08 Å². The number of allylic oxidation sites excluding steroid dienone is 3. The average molecular weight is 166 g/mol. The van der Waals surface area contributed by atoms with Crippen molar-refractivity contribution in [2.24, 2.45) is 5.92 Å². The number of rotatable bonds is 4. The van der Waals surface area contributed by atoms with E-state index < -0.39 is 0 Å². The quantitative estimate of drug-likeness (QED) is 0.637. The van der Waals surface area contributed by atoms with E-state index in [4.69, 9.17) is 0 Å². The lowest BCUT2D eigenvalue weighted by Gasteiger charge is -2.11. The van der Waals surface area contributed by atoms with E-state index in [0.29, 0.717) is 5.92 Å². The van der Waals surface area contributed by atoms with E-state index in [0.717, 1.165) is 19.3 Å². The summed E-state index contributed by atoms with van der Waals surface area (Å²) >= 11 is 0. The number of hydrogen-bond donors (Lipinski definition) is 1. The molecule has 1 heteroatoms. The molecule has 0 unspecified atom stereocenters. The van der Waals surface area contributed by atoms with Crippen molar-refractivity contribution < 1.29 is 5.11 Å². The van der Waals surface area contributed by atoms with E-state index in [2.05, 4.69) is 12.7 Å². The second-order valence-electron chi connectivity index (χ2n) is 3.50.